The fraction of sp³-hybridized carbons (Fsp3) is 0.444. The highest BCUT2D eigenvalue weighted by Crippen LogP contribution is 2.22. The van der Waals surface area contributed by atoms with Gasteiger partial charge in [-0.15, -0.1) is 11.3 Å². The van der Waals surface area contributed by atoms with Crippen LogP contribution in [0.3, 0.4) is 0 Å². The largest absolute Gasteiger partial charge is 0.456 e. The summed E-state index contributed by atoms with van der Waals surface area (Å²) in [6.45, 7) is 0.672. The zero-order chi connectivity index (χ0) is 18.5. The number of rotatable bonds is 6. The van der Waals surface area contributed by atoms with Gasteiger partial charge in [-0.3, -0.25) is 14.4 Å². The van der Waals surface area contributed by atoms with Crippen molar-refractivity contribution in [2.24, 2.45) is 11.7 Å². The first-order valence-electron chi connectivity index (χ1n) is 8.60. The second-order valence-electron chi connectivity index (χ2n) is 6.29. The summed E-state index contributed by atoms with van der Waals surface area (Å²) in [4.78, 5) is 41.2. The van der Waals surface area contributed by atoms with Gasteiger partial charge in [-0.25, -0.2) is 4.98 Å². The zero-order valence-electron chi connectivity index (χ0n) is 14.3. The lowest BCUT2D eigenvalue weighted by molar-refractivity contribution is -0.152. The van der Waals surface area contributed by atoms with E-state index in [1.54, 1.807) is 16.2 Å². The number of hydrogen-bond donors (Lipinski definition) is 1. The third kappa shape index (κ3) is 4.57. The maximum absolute atomic E-state index is 12.1. The number of likely N-dealkylation sites (tertiary alicyclic amines) is 1. The van der Waals surface area contributed by atoms with Crippen LogP contribution in [-0.4, -0.2) is 47.4 Å². The smallest absolute Gasteiger partial charge is 0.306 e. The number of para-hydroxylation sites is 1. The van der Waals surface area contributed by atoms with E-state index < -0.39 is 5.97 Å². The van der Waals surface area contributed by atoms with Gasteiger partial charge in [0.05, 0.1) is 21.6 Å². The van der Waals surface area contributed by atoms with E-state index in [0.717, 1.165) is 15.2 Å². The second kappa shape index (κ2) is 8.27. The van der Waals surface area contributed by atoms with Crippen LogP contribution in [0.1, 0.15) is 24.3 Å². The molecule has 0 radical (unpaired) electrons. The fourth-order valence-electron chi connectivity index (χ4n) is 2.95. The molecule has 2 amide bonds. The lowest BCUT2D eigenvalue weighted by atomic mass is 9.96. The van der Waals surface area contributed by atoms with E-state index in [-0.39, 0.29) is 30.8 Å². The van der Waals surface area contributed by atoms with E-state index in [1.807, 2.05) is 24.3 Å². The summed E-state index contributed by atoms with van der Waals surface area (Å²) >= 11 is 1.56. The van der Waals surface area contributed by atoms with Crippen LogP contribution in [0.4, 0.5) is 0 Å². The molecule has 1 aliphatic rings. The highest BCUT2D eigenvalue weighted by molar-refractivity contribution is 7.18. The summed E-state index contributed by atoms with van der Waals surface area (Å²) in [6, 6.07) is 7.82. The van der Waals surface area contributed by atoms with Crippen molar-refractivity contribution < 1.29 is 19.1 Å². The van der Waals surface area contributed by atoms with Gasteiger partial charge in [0.1, 0.15) is 0 Å². The molecule has 0 atom stereocenters. The first-order chi connectivity index (χ1) is 12.5. The molecule has 0 bridgehead atoms. The number of nitrogens with two attached hydrogens (primary N) is 1. The van der Waals surface area contributed by atoms with Gasteiger partial charge in [-0.2, -0.15) is 0 Å². The minimum Gasteiger partial charge on any atom is -0.456 e. The van der Waals surface area contributed by atoms with E-state index in [2.05, 4.69) is 4.98 Å². The third-order valence-corrected chi connectivity index (χ3v) is 5.58. The molecule has 0 spiro atoms. The van der Waals surface area contributed by atoms with Crippen molar-refractivity contribution in [3.63, 3.8) is 0 Å². The minimum atomic E-state index is -0.412. The minimum absolute atomic E-state index is 0.171. The van der Waals surface area contributed by atoms with Gasteiger partial charge in [-0.1, -0.05) is 12.1 Å². The number of aromatic nitrogens is 1. The van der Waals surface area contributed by atoms with Crippen molar-refractivity contribution in [1.82, 2.24) is 9.88 Å². The van der Waals surface area contributed by atoms with Crippen LogP contribution in [0.2, 0.25) is 0 Å². The molecule has 1 aromatic heterocycles. The number of primary amides is 1. The van der Waals surface area contributed by atoms with Crippen LogP contribution in [0.25, 0.3) is 10.2 Å². The van der Waals surface area contributed by atoms with Gasteiger partial charge in [-0.05, 0) is 25.0 Å². The lowest BCUT2D eigenvalue weighted by Crippen LogP contribution is -2.43. The molecule has 1 aliphatic heterocycles. The molecule has 2 N–H and O–H groups in total. The molecular formula is C18H21N3O4S. The molecule has 3 rings (SSSR count). The van der Waals surface area contributed by atoms with Gasteiger partial charge >= 0.3 is 5.97 Å². The number of amides is 2. The van der Waals surface area contributed by atoms with E-state index in [1.165, 1.54) is 0 Å². The second-order valence-corrected chi connectivity index (χ2v) is 7.41. The Labute approximate surface area is 155 Å². The number of benzene rings is 1. The third-order valence-electron chi connectivity index (χ3n) is 4.49. The molecule has 0 saturated carbocycles. The van der Waals surface area contributed by atoms with Crippen molar-refractivity contribution in [3.05, 3.63) is 29.3 Å². The maximum atomic E-state index is 12.1. The SMILES string of the molecule is NC(=O)C1CCN(C(=O)COC(=O)CCc2nc3ccccc3s2)CC1. The Kier molecular flexibility index (Phi) is 5.82. The Hall–Kier alpha value is -2.48. The Morgan fingerprint density at radius 1 is 1.23 bits per heavy atom. The average Bonchev–Trinajstić information content (AvgIpc) is 3.07. The van der Waals surface area contributed by atoms with E-state index >= 15 is 0 Å². The number of fused-ring (bicyclic) bond motifs is 1. The Balaban J connectivity index is 1.40. The number of piperidine rings is 1. The molecule has 2 aromatic rings. The molecule has 8 heteroatoms. The molecule has 1 saturated heterocycles. The van der Waals surface area contributed by atoms with Crippen LogP contribution >= 0.6 is 11.3 Å². The van der Waals surface area contributed by atoms with Gasteiger partial charge < -0.3 is 15.4 Å². The fourth-order valence-corrected chi connectivity index (χ4v) is 3.92. The number of nitrogens with zero attached hydrogens (tertiary/aromatic N) is 2. The van der Waals surface area contributed by atoms with Crippen molar-refractivity contribution in [2.75, 3.05) is 19.7 Å². The summed E-state index contributed by atoms with van der Waals surface area (Å²) in [7, 11) is 0. The molecule has 26 heavy (non-hydrogen) atoms. The molecule has 0 aliphatic carbocycles. The maximum Gasteiger partial charge on any atom is 0.306 e. The van der Waals surface area contributed by atoms with Gasteiger partial charge in [0.15, 0.2) is 6.61 Å². The van der Waals surface area contributed by atoms with Crippen molar-refractivity contribution in [3.8, 4) is 0 Å². The van der Waals surface area contributed by atoms with Gasteiger partial charge in [0, 0.05) is 25.4 Å². The van der Waals surface area contributed by atoms with Crippen LogP contribution in [0.15, 0.2) is 24.3 Å². The molecular weight excluding hydrogens is 354 g/mol. The Morgan fingerprint density at radius 2 is 1.96 bits per heavy atom. The topological polar surface area (TPSA) is 103 Å². The summed E-state index contributed by atoms with van der Waals surface area (Å²) in [5, 5.41) is 0.878. The highest BCUT2D eigenvalue weighted by atomic mass is 32.1. The normalized spacial score (nSPS) is 15.2. The van der Waals surface area contributed by atoms with Crippen LogP contribution < -0.4 is 5.73 Å². The van der Waals surface area contributed by atoms with Crippen molar-refractivity contribution >= 4 is 39.3 Å². The van der Waals surface area contributed by atoms with Crippen LogP contribution in [-0.2, 0) is 25.5 Å². The first-order valence-corrected chi connectivity index (χ1v) is 9.42. The molecule has 138 valence electrons. The summed E-state index contributed by atoms with van der Waals surface area (Å²) in [5.41, 5.74) is 6.20. The standard InChI is InChI=1S/C18H21N3O4S/c19-18(24)12-7-9-21(10-8-12)16(22)11-25-17(23)6-5-15-20-13-3-1-2-4-14(13)26-15/h1-4,12H,5-11H2,(H2,19,24). The van der Waals surface area contributed by atoms with Gasteiger partial charge in [0.2, 0.25) is 5.91 Å². The zero-order valence-corrected chi connectivity index (χ0v) is 15.2. The van der Waals surface area contributed by atoms with Crippen molar-refractivity contribution in [1.29, 1.82) is 0 Å². The Bertz CT molecular complexity index is 779. The number of carbonyl (C=O) groups is 3. The number of ether oxygens (including phenoxy) is 1. The summed E-state index contributed by atoms with van der Waals surface area (Å²) < 4.78 is 6.17. The average molecular weight is 375 g/mol. The predicted octanol–water partition coefficient (Wildman–Crippen LogP) is 1.50. The number of aryl methyl sites for hydroxylation is 1. The number of thiazole rings is 1. The van der Waals surface area contributed by atoms with E-state index in [4.69, 9.17) is 10.5 Å². The predicted molar refractivity (Wildman–Crippen MR) is 97.4 cm³/mol. The molecule has 2 heterocycles. The molecule has 7 nitrogen and oxygen atoms in total. The van der Waals surface area contributed by atoms with E-state index in [0.29, 0.717) is 32.4 Å². The Morgan fingerprint density at radius 3 is 2.65 bits per heavy atom. The van der Waals surface area contributed by atoms with Crippen molar-refractivity contribution in [2.45, 2.75) is 25.7 Å². The molecule has 1 fully saturated rings. The number of hydrogen-bond acceptors (Lipinski definition) is 6. The number of carbonyl (C=O) groups excluding carboxylic acids is 3. The van der Waals surface area contributed by atoms with Gasteiger partial charge in [0.25, 0.3) is 5.91 Å². The number of esters is 1. The van der Waals surface area contributed by atoms with Crippen LogP contribution in [0, 0.1) is 5.92 Å². The summed E-state index contributed by atoms with van der Waals surface area (Å²) in [6.07, 6.45) is 1.81. The van der Waals surface area contributed by atoms with E-state index in [9.17, 15) is 14.4 Å². The summed E-state index contributed by atoms with van der Waals surface area (Å²) in [5.74, 6) is -1.14. The monoisotopic (exact) mass is 375 g/mol. The molecule has 0 unspecified atom stereocenters. The lowest BCUT2D eigenvalue weighted by Gasteiger charge is -2.30. The quantitative estimate of drug-likeness (QED) is 0.771. The highest BCUT2D eigenvalue weighted by Gasteiger charge is 2.26. The van der Waals surface area contributed by atoms with Crippen LogP contribution in [0.5, 0.6) is 0 Å². The molecule has 1 aromatic carbocycles. The first kappa shape index (κ1) is 18.3.